The molecular formula is C18H13BrFNO2. The van der Waals surface area contributed by atoms with Gasteiger partial charge in [-0.2, -0.15) is 0 Å². The minimum Gasteiger partial charge on any atom is -0.508 e. The van der Waals surface area contributed by atoms with E-state index < -0.39 is 0 Å². The highest BCUT2D eigenvalue weighted by Crippen LogP contribution is 2.38. The maximum Gasteiger partial charge on any atom is 0.125 e. The lowest BCUT2D eigenvalue weighted by Crippen LogP contribution is -2.10. The Kier molecular flexibility index (Phi) is 4.21. The molecule has 0 saturated carbocycles. The van der Waals surface area contributed by atoms with E-state index in [1.54, 1.807) is 17.0 Å². The van der Waals surface area contributed by atoms with Crippen LogP contribution in [0, 0.1) is 5.82 Å². The van der Waals surface area contributed by atoms with Crippen LogP contribution in [0.15, 0.2) is 71.2 Å². The van der Waals surface area contributed by atoms with Gasteiger partial charge in [0.25, 0.3) is 0 Å². The van der Waals surface area contributed by atoms with Gasteiger partial charge in [-0.05, 0) is 36.4 Å². The minimum atomic E-state index is -0.369. The molecule has 3 rings (SSSR count). The Morgan fingerprint density at radius 1 is 0.739 bits per heavy atom. The van der Waals surface area contributed by atoms with Gasteiger partial charge in [0.1, 0.15) is 17.3 Å². The van der Waals surface area contributed by atoms with Crippen LogP contribution in [0.1, 0.15) is 0 Å². The number of rotatable bonds is 3. The predicted molar refractivity (Wildman–Crippen MR) is 92.1 cm³/mol. The van der Waals surface area contributed by atoms with Crippen LogP contribution < -0.4 is 4.90 Å². The molecule has 3 aromatic carbocycles. The highest BCUT2D eigenvalue weighted by molar-refractivity contribution is 9.10. The summed E-state index contributed by atoms with van der Waals surface area (Å²) >= 11 is 3.42. The van der Waals surface area contributed by atoms with Gasteiger partial charge in [0.2, 0.25) is 0 Å². The molecule has 0 aromatic heterocycles. The van der Waals surface area contributed by atoms with Crippen molar-refractivity contribution in [1.29, 1.82) is 0 Å². The van der Waals surface area contributed by atoms with Gasteiger partial charge in [-0.15, -0.1) is 0 Å². The summed E-state index contributed by atoms with van der Waals surface area (Å²) in [5.41, 5.74) is 1.86. The lowest BCUT2D eigenvalue weighted by Gasteiger charge is -2.25. The molecule has 0 heterocycles. The summed E-state index contributed by atoms with van der Waals surface area (Å²) in [6.45, 7) is 0. The topological polar surface area (TPSA) is 43.7 Å². The third kappa shape index (κ3) is 3.46. The van der Waals surface area contributed by atoms with E-state index in [4.69, 9.17) is 0 Å². The molecule has 0 amide bonds. The maximum atomic E-state index is 13.7. The van der Waals surface area contributed by atoms with E-state index in [0.29, 0.717) is 11.4 Å². The Morgan fingerprint density at radius 2 is 1.35 bits per heavy atom. The first kappa shape index (κ1) is 15.4. The molecule has 0 bridgehead atoms. The highest BCUT2D eigenvalue weighted by atomic mass is 79.9. The van der Waals surface area contributed by atoms with Gasteiger partial charge in [-0.1, -0.05) is 28.1 Å². The number of hydrogen-bond acceptors (Lipinski definition) is 3. The third-order valence-corrected chi connectivity index (χ3v) is 3.77. The van der Waals surface area contributed by atoms with E-state index in [-0.39, 0.29) is 17.3 Å². The number of phenolic OH excluding ortho intramolecular Hbond substituents is 2. The third-order valence-electron chi connectivity index (χ3n) is 3.28. The second-order valence-electron chi connectivity index (χ2n) is 5.00. The first-order chi connectivity index (χ1) is 11.0. The fourth-order valence-corrected chi connectivity index (χ4v) is 2.77. The number of hydrogen-bond donors (Lipinski definition) is 2. The second-order valence-corrected chi connectivity index (χ2v) is 5.92. The Labute approximate surface area is 141 Å². The number of aromatic hydroxyl groups is 2. The average Bonchev–Trinajstić information content (AvgIpc) is 2.46. The Hall–Kier alpha value is -2.53. The van der Waals surface area contributed by atoms with Crippen molar-refractivity contribution in [2.24, 2.45) is 0 Å². The van der Waals surface area contributed by atoms with Gasteiger partial charge >= 0.3 is 0 Å². The summed E-state index contributed by atoms with van der Waals surface area (Å²) in [6, 6.07) is 17.8. The molecule has 0 radical (unpaired) electrons. The fraction of sp³-hybridized carbons (Fsp3) is 0. The Morgan fingerprint density at radius 3 is 1.96 bits per heavy atom. The first-order valence-electron chi connectivity index (χ1n) is 6.87. The monoisotopic (exact) mass is 373 g/mol. The van der Waals surface area contributed by atoms with Crippen molar-refractivity contribution in [1.82, 2.24) is 0 Å². The van der Waals surface area contributed by atoms with Gasteiger partial charge in [-0.25, -0.2) is 4.39 Å². The molecule has 0 saturated heterocycles. The normalized spacial score (nSPS) is 10.5. The van der Waals surface area contributed by atoms with Crippen LogP contribution in [-0.2, 0) is 0 Å². The van der Waals surface area contributed by atoms with E-state index in [9.17, 15) is 14.6 Å². The van der Waals surface area contributed by atoms with E-state index in [1.807, 2.05) is 24.3 Å². The summed E-state index contributed by atoms with van der Waals surface area (Å²) in [5.74, 6) is -0.514. The summed E-state index contributed by atoms with van der Waals surface area (Å²) in [6.07, 6.45) is 0. The average molecular weight is 374 g/mol. The van der Waals surface area contributed by atoms with Crippen molar-refractivity contribution < 1.29 is 14.6 Å². The van der Waals surface area contributed by atoms with Crippen LogP contribution in [0.25, 0.3) is 0 Å². The zero-order valence-corrected chi connectivity index (χ0v) is 13.5. The summed E-state index contributed by atoms with van der Waals surface area (Å²) in [7, 11) is 0. The molecule has 2 N–H and O–H groups in total. The fourth-order valence-electron chi connectivity index (χ4n) is 2.39. The lowest BCUT2D eigenvalue weighted by atomic mass is 10.2. The molecule has 0 fully saturated rings. The van der Waals surface area contributed by atoms with Crippen LogP contribution in [0.2, 0.25) is 0 Å². The van der Waals surface area contributed by atoms with Gasteiger partial charge in [0.05, 0.1) is 5.69 Å². The lowest BCUT2D eigenvalue weighted by molar-refractivity contribution is 0.451. The van der Waals surface area contributed by atoms with E-state index in [1.165, 1.54) is 30.3 Å². The molecule has 0 atom stereocenters. The van der Waals surface area contributed by atoms with Crippen LogP contribution >= 0.6 is 15.9 Å². The molecule has 3 aromatic rings. The summed E-state index contributed by atoms with van der Waals surface area (Å²) < 4.78 is 14.5. The number of anilines is 3. The number of nitrogens with zero attached hydrogens (tertiary/aromatic N) is 1. The second kappa shape index (κ2) is 6.30. The number of benzene rings is 3. The predicted octanol–water partition coefficient (Wildman–Crippen LogP) is 5.47. The van der Waals surface area contributed by atoms with Crippen molar-refractivity contribution >= 4 is 33.0 Å². The molecule has 23 heavy (non-hydrogen) atoms. The van der Waals surface area contributed by atoms with Crippen molar-refractivity contribution in [3.63, 3.8) is 0 Å². The van der Waals surface area contributed by atoms with E-state index >= 15 is 0 Å². The standard InChI is InChI=1S/C18H13BrFNO2/c19-12-3-1-5-14(7-12)21(15-6-2-4-13(20)8-15)16-9-17(22)11-18(23)10-16/h1-11,22-23H. The van der Waals surface area contributed by atoms with Crippen LogP contribution in [0.3, 0.4) is 0 Å². The van der Waals surface area contributed by atoms with Crippen molar-refractivity contribution in [2.75, 3.05) is 4.90 Å². The quantitative estimate of drug-likeness (QED) is 0.639. The van der Waals surface area contributed by atoms with Crippen LogP contribution in [0.4, 0.5) is 21.5 Å². The SMILES string of the molecule is Oc1cc(O)cc(N(c2cccc(F)c2)c2cccc(Br)c2)c1. The molecule has 0 aliphatic heterocycles. The molecule has 116 valence electrons. The van der Waals surface area contributed by atoms with E-state index in [2.05, 4.69) is 15.9 Å². The van der Waals surface area contributed by atoms with Gasteiger partial charge < -0.3 is 15.1 Å². The highest BCUT2D eigenvalue weighted by Gasteiger charge is 2.15. The van der Waals surface area contributed by atoms with Gasteiger partial charge in [-0.3, -0.25) is 0 Å². The number of halogens is 2. The maximum absolute atomic E-state index is 13.7. The molecule has 0 spiro atoms. The number of phenols is 2. The molecule has 0 unspecified atom stereocenters. The molecule has 0 aliphatic carbocycles. The smallest absolute Gasteiger partial charge is 0.125 e. The van der Waals surface area contributed by atoms with Crippen molar-refractivity contribution in [2.45, 2.75) is 0 Å². The Bertz CT molecular complexity index is 788. The molecule has 5 heteroatoms. The minimum absolute atomic E-state index is 0.0728. The van der Waals surface area contributed by atoms with E-state index in [0.717, 1.165) is 10.2 Å². The molecule has 3 nitrogen and oxygen atoms in total. The van der Waals surface area contributed by atoms with Gasteiger partial charge in [0.15, 0.2) is 0 Å². The van der Waals surface area contributed by atoms with Crippen LogP contribution in [-0.4, -0.2) is 10.2 Å². The summed E-state index contributed by atoms with van der Waals surface area (Å²) in [4.78, 5) is 1.74. The largest absolute Gasteiger partial charge is 0.508 e. The van der Waals surface area contributed by atoms with Crippen molar-refractivity contribution in [3.05, 3.63) is 77.0 Å². The van der Waals surface area contributed by atoms with Gasteiger partial charge in [0, 0.05) is 34.0 Å². The zero-order chi connectivity index (χ0) is 16.4. The molecular weight excluding hydrogens is 361 g/mol. The Balaban J connectivity index is 2.21. The zero-order valence-electron chi connectivity index (χ0n) is 11.9. The first-order valence-corrected chi connectivity index (χ1v) is 7.66. The molecule has 0 aliphatic rings. The van der Waals surface area contributed by atoms with Crippen molar-refractivity contribution in [3.8, 4) is 11.5 Å². The summed E-state index contributed by atoms with van der Waals surface area (Å²) in [5, 5.41) is 19.6. The van der Waals surface area contributed by atoms with Crippen LogP contribution in [0.5, 0.6) is 11.5 Å².